The summed E-state index contributed by atoms with van der Waals surface area (Å²) in [6.07, 6.45) is 0. The lowest BCUT2D eigenvalue weighted by Gasteiger charge is -2.10. The minimum Gasteiger partial charge on any atom is -0.380 e. The third kappa shape index (κ3) is 3.36. The summed E-state index contributed by atoms with van der Waals surface area (Å²) in [5.41, 5.74) is 7.77. The quantitative estimate of drug-likeness (QED) is 0.896. The van der Waals surface area contributed by atoms with Crippen LogP contribution in [-0.2, 0) is 6.54 Å². The SMILES string of the molecule is Cc1ccc(NCc2ccc(C(N)=O)cc2F)c(Br)c1. The van der Waals surface area contributed by atoms with Crippen molar-refractivity contribution in [3.63, 3.8) is 0 Å². The number of nitrogens with one attached hydrogen (secondary N) is 1. The monoisotopic (exact) mass is 336 g/mol. The fourth-order valence-corrected chi connectivity index (χ4v) is 2.43. The molecule has 0 atom stereocenters. The Bertz CT molecular complexity index is 658. The highest BCUT2D eigenvalue weighted by atomic mass is 79.9. The van der Waals surface area contributed by atoms with Crippen LogP contribution in [0.5, 0.6) is 0 Å². The van der Waals surface area contributed by atoms with Crippen LogP contribution in [-0.4, -0.2) is 5.91 Å². The van der Waals surface area contributed by atoms with E-state index in [-0.39, 0.29) is 5.56 Å². The van der Waals surface area contributed by atoms with E-state index in [1.807, 2.05) is 25.1 Å². The zero-order valence-corrected chi connectivity index (χ0v) is 12.5. The lowest BCUT2D eigenvalue weighted by Crippen LogP contribution is -2.12. The summed E-state index contributed by atoms with van der Waals surface area (Å²) in [4.78, 5) is 11.0. The molecule has 0 aliphatic rings. The van der Waals surface area contributed by atoms with Gasteiger partial charge in [-0.15, -0.1) is 0 Å². The first-order chi connectivity index (χ1) is 9.47. The number of hydrogen-bond donors (Lipinski definition) is 2. The van der Waals surface area contributed by atoms with Crippen LogP contribution in [0.2, 0.25) is 0 Å². The van der Waals surface area contributed by atoms with Gasteiger partial charge in [-0.05, 0) is 52.7 Å². The number of nitrogens with two attached hydrogens (primary N) is 1. The van der Waals surface area contributed by atoms with Crippen molar-refractivity contribution in [1.82, 2.24) is 0 Å². The fourth-order valence-electron chi connectivity index (χ4n) is 1.80. The van der Waals surface area contributed by atoms with Crippen molar-refractivity contribution in [1.29, 1.82) is 0 Å². The molecule has 1 amide bonds. The van der Waals surface area contributed by atoms with Crippen molar-refractivity contribution in [2.45, 2.75) is 13.5 Å². The van der Waals surface area contributed by atoms with Gasteiger partial charge in [-0.25, -0.2) is 4.39 Å². The number of anilines is 1. The molecular weight excluding hydrogens is 323 g/mol. The highest BCUT2D eigenvalue weighted by molar-refractivity contribution is 9.10. The summed E-state index contributed by atoms with van der Waals surface area (Å²) in [5.74, 6) is -1.08. The van der Waals surface area contributed by atoms with E-state index in [1.54, 1.807) is 6.07 Å². The zero-order valence-electron chi connectivity index (χ0n) is 10.9. The third-order valence-corrected chi connectivity index (χ3v) is 3.59. The average molecular weight is 337 g/mol. The van der Waals surface area contributed by atoms with Gasteiger partial charge >= 0.3 is 0 Å². The summed E-state index contributed by atoms with van der Waals surface area (Å²) in [7, 11) is 0. The van der Waals surface area contributed by atoms with E-state index in [1.165, 1.54) is 6.07 Å². The van der Waals surface area contributed by atoms with Gasteiger partial charge in [0.15, 0.2) is 0 Å². The number of rotatable bonds is 4. The molecule has 2 aromatic carbocycles. The summed E-state index contributed by atoms with van der Waals surface area (Å²) in [6, 6.07) is 10.1. The standard InChI is InChI=1S/C15H14BrFN2O/c1-9-2-5-14(12(16)6-9)19-8-11-4-3-10(15(18)20)7-13(11)17/h2-7,19H,8H2,1H3,(H2,18,20). The fraction of sp³-hybridized carbons (Fsp3) is 0.133. The molecule has 3 N–H and O–H groups in total. The average Bonchev–Trinajstić information content (AvgIpc) is 2.38. The number of halogens is 2. The van der Waals surface area contributed by atoms with E-state index in [4.69, 9.17) is 5.73 Å². The summed E-state index contributed by atoms with van der Waals surface area (Å²) in [6.45, 7) is 2.32. The van der Waals surface area contributed by atoms with Crippen LogP contribution in [0.4, 0.5) is 10.1 Å². The maximum absolute atomic E-state index is 13.8. The maximum Gasteiger partial charge on any atom is 0.248 e. The Labute approximate surface area is 125 Å². The van der Waals surface area contributed by atoms with Crippen molar-refractivity contribution in [2.24, 2.45) is 5.73 Å². The summed E-state index contributed by atoms with van der Waals surface area (Å²) < 4.78 is 14.7. The van der Waals surface area contributed by atoms with E-state index >= 15 is 0 Å². The first kappa shape index (κ1) is 14.5. The molecule has 0 heterocycles. The predicted molar refractivity (Wildman–Crippen MR) is 81.1 cm³/mol. The van der Waals surface area contributed by atoms with Crippen LogP contribution >= 0.6 is 15.9 Å². The van der Waals surface area contributed by atoms with Gasteiger partial charge < -0.3 is 11.1 Å². The Kier molecular flexibility index (Phi) is 4.39. The molecule has 3 nitrogen and oxygen atoms in total. The Morgan fingerprint density at radius 3 is 2.65 bits per heavy atom. The molecule has 0 saturated heterocycles. The van der Waals surface area contributed by atoms with Crippen LogP contribution in [0.25, 0.3) is 0 Å². The van der Waals surface area contributed by atoms with E-state index in [9.17, 15) is 9.18 Å². The molecule has 5 heteroatoms. The van der Waals surface area contributed by atoms with Gasteiger partial charge in [0.1, 0.15) is 5.82 Å². The Morgan fingerprint density at radius 1 is 1.30 bits per heavy atom. The van der Waals surface area contributed by atoms with E-state index in [2.05, 4.69) is 21.2 Å². The Balaban J connectivity index is 2.13. The molecule has 0 saturated carbocycles. The molecule has 0 aliphatic carbocycles. The molecule has 0 aromatic heterocycles. The summed E-state index contributed by atoms with van der Waals surface area (Å²) >= 11 is 3.45. The number of carbonyl (C=O) groups excluding carboxylic acids is 1. The lowest BCUT2D eigenvalue weighted by molar-refractivity contribution is 0.1000. The van der Waals surface area contributed by atoms with Crippen molar-refractivity contribution < 1.29 is 9.18 Å². The predicted octanol–water partition coefficient (Wildman–Crippen LogP) is 3.61. The smallest absolute Gasteiger partial charge is 0.248 e. The second kappa shape index (κ2) is 6.05. The number of primary amides is 1. The van der Waals surface area contributed by atoms with Gasteiger partial charge in [-0.3, -0.25) is 4.79 Å². The van der Waals surface area contributed by atoms with Crippen LogP contribution in [0, 0.1) is 12.7 Å². The molecule has 0 spiro atoms. The second-order valence-electron chi connectivity index (χ2n) is 4.51. The van der Waals surface area contributed by atoms with Gasteiger partial charge in [-0.2, -0.15) is 0 Å². The molecule has 0 fully saturated rings. The van der Waals surface area contributed by atoms with E-state index < -0.39 is 11.7 Å². The molecule has 20 heavy (non-hydrogen) atoms. The first-order valence-corrected chi connectivity index (χ1v) is 6.85. The van der Waals surface area contributed by atoms with Gasteiger partial charge in [0.25, 0.3) is 0 Å². The van der Waals surface area contributed by atoms with Crippen molar-refractivity contribution >= 4 is 27.5 Å². The highest BCUT2D eigenvalue weighted by Crippen LogP contribution is 2.24. The van der Waals surface area contributed by atoms with Crippen molar-refractivity contribution in [3.8, 4) is 0 Å². The summed E-state index contributed by atoms with van der Waals surface area (Å²) in [5, 5.41) is 3.14. The Hall–Kier alpha value is -1.88. The second-order valence-corrected chi connectivity index (χ2v) is 5.36. The van der Waals surface area contributed by atoms with Gasteiger partial charge in [0.05, 0.1) is 0 Å². The Morgan fingerprint density at radius 2 is 2.05 bits per heavy atom. The van der Waals surface area contributed by atoms with Crippen molar-refractivity contribution in [3.05, 3.63) is 63.4 Å². The molecule has 0 radical (unpaired) electrons. The van der Waals surface area contributed by atoms with E-state index in [0.717, 1.165) is 21.8 Å². The minimum atomic E-state index is -0.635. The molecule has 0 aliphatic heterocycles. The van der Waals surface area contributed by atoms with Gasteiger partial charge in [0.2, 0.25) is 5.91 Å². The number of carbonyl (C=O) groups is 1. The number of hydrogen-bond acceptors (Lipinski definition) is 2. The molecule has 2 rings (SSSR count). The molecule has 104 valence electrons. The van der Waals surface area contributed by atoms with Crippen LogP contribution in [0.1, 0.15) is 21.5 Å². The zero-order chi connectivity index (χ0) is 14.7. The molecule has 2 aromatic rings. The molecular formula is C15H14BrFN2O. The largest absolute Gasteiger partial charge is 0.380 e. The van der Waals surface area contributed by atoms with Crippen molar-refractivity contribution in [2.75, 3.05) is 5.32 Å². The molecule has 0 bridgehead atoms. The van der Waals surface area contributed by atoms with Gasteiger partial charge in [0, 0.05) is 27.8 Å². The van der Waals surface area contributed by atoms with Crippen LogP contribution in [0.3, 0.4) is 0 Å². The maximum atomic E-state index is 13.8. The number of benzene rings is 2. The van der Waals surface area contributed by atoms with E-state index in [0.29, 0.717) is 12.1 Å². The third-order valence-electron chi connectivity index (χ3n) is 2.93. The minimum absolute atomic E-state index is 0.169. The topological polar surface area (TPSA) is 55.1 Å². The van der Waals surface area contributed by atoms with Gasteiger partial charge in [-0.1, -0.05) is 12.1 Å². The molecule has 0 unspecified atom stereocenters. The number of aryl methyl sites for hydroxylation is 1. The first-order valence-electron chi connectivity index (χ1n) is 6.05. The lowest BCUT2D eigenvalue weighted by atomic mass is 10.1. The van der Waals surface area contributed by atoms with Crippen LogP contribution < -0.4 is 11.1 Å². The highest BCUT2D eigenvalue weighted by Gasteiger charge is 2.07. The van der Waals surface area contributed by atoms with Crippen LogP contribution in [0.15, 0.2) is 40.9 Å². The number of amides is 1. The normalized spacial score (nSPS) is 10.3.